The van der Waals surface area contributed by atoms with Crippen molar-refractivity contribution in [3.8, 4) is 51.3 Å². The molecule has 19 rings (SSSR count). The van der Waals surface area contributed by atoms with E-state index in [4.69, 9.17) is 0 Å². The lowest BCUT2D eigenvalue weighted by Crippen LogP contribution is -2.18. The van der Waals surface area contributed by atoms with Crippen LogP contribution in [0.1, 0.15) is 5.56 Å². The van der Waals surface area contributed by atoms with Crippen molar-refractivity contribution in [1.82, 2.24) is 27.4 Å². The third-order valence-corrected chi connectivity index (χ3v) is 18.6. The molecule has 408 valence electrons. The lowest BCUT2D eigenvalue weighted by Gasteiger charge is -2.32. The van der Waals surface area contributed by atoms with Crippen molar-refractivity contribution >= 4 is 120 Å². The van der Waals surface area contributed by atoms with E-state index in [-0.39, 0.29) is 0 Å². The van der Waals surface area contributed by atoms with Crippen molar-refractivity contribution in [1.29, 1.82) is 5.26 Å². The highest BCUT2D eigenvalue weighted by atomic mass is 15.2. The van der Waals surface area contributed by atoms with E-state index < -0.39 is 0 Å². The number of nitriles is 1. The summed E-state index contributed by atoms with van der Waals surface area (Å²) in [6.45, 7) is 0. The first-order valence-electron chi connectivity index (χ1n) is 30.0. The second-order valence-electron chi connectivity index (χ2n) is 23.0. The smallest absolute Gasteiger partial charge is 0.0991 e. The lowest BCUT2D eigenvalue weighted by molar-refractivity contribution is 1.00. The molecule has 0 fully saturated rings. The van der Waals surface area contributed by atoms with Gasteiger partial charge < -0.3 is 27.4 Å². The van der Waals surface area contributed by atoms with Crippen molar-refractivity contribution in [2.75, 3.05) is 0 Å². The third-order valence-electron chi connectivity index (χ3n) is 18.6. The number of hydrogen-bond acceptors (Lipinski definition) is 1. The largest absolute Gasteiger partial charge is 0.307 e. The van der Waals surface area contributed by atoms with Gasteiger partial charge in [0.25, 0.3) is 0 Å². The molecular formula is C81H49N7. The monoisotopic (exact) mass is 1120 g/mol. The van der Waals surface area contributed by atoms with Crippen molar-refractivity contribution in [2.24, 2.45) is 0 Å². The second kappa shape index (κ2) is 18.4. The zero-order chi connectivity index (χ0) is 57.7. The highest BCUT2D eigenvalue weighted by Crippen LogP contribution is 2.55. The number of fused-ring (bicyclic) bond motifs is 17. The lowest BCUT2D eigenvalue weighted by atomic mass is 9.94. The van der Waals surface area contributed by atoms with Gasteiger partial charge in [0.1, 0.15) is 0 Å². The molecule has 88 heavy (non-hydrogen) atoms. The molecule has 7 heteroatoms. The molecular weight excluding hydrogens is 1070 g/mol. The summed E-state index contributed by atoms with van der Waals surface area (Å²) < 4.78 is 15.5. The van der Waals surface area contributed by atoms with Crippen LogP contribution in [0.2, 0.25) is 0 Å². The number of hydrogen-bond donors (Lipinski definition) is 0. The number of benzene rings is 13. The third kappa shape index (κ3) is 6.49. The van der Waals surface area contributed by atoms with Crippen LogP contribution in [0.15, 0.2) is 297 Å². The van der Waals surface area contributed by atoms with Gasteiger partial charge >= 0.3 is 0 Å². The number of para-hydroxylation sites is 11. The van der Waals surface area contributed by atoms with Gasteiger partial charge in [-0.25, -0.2) is 0 Å². The maximum absolute atomic E-state index is 10.7. The molecule has 0 unspecified atom stereocenters. The van der Waals surface area contributed by atoms with Crippen molar-refractivity contribution in [2.45, 2.75) is 0 Å². The first-order valence-corrected chi connectivity index (χ1v) is 30.0. The van der Waals surface area contributed by atoms with Crippen LogP contribution in [0.3, 0.4) is 0 Å². The van der Waals surface area contributed by atoms with Gasteiger partial charge in [-0.3, -0.25) is 0 Å². The summed E-state index contributed by atoms with van der Waals surface area (Å²) in [5.74, 6) is 0. The molecule has 0 saturated carbocycles. The second-order valence-corrected chi connectivity index (χ2v) is 23.0. The number of nitrogens with zero attached hydrogens (tertiary/aromatic N) is 7. The van der Waals surface area contributed by atoms with Gasteiger partial charge in [-0.05, 0) is 90.5 Å². The van der Waals surface area contributed by atoms with E-state index in [9.17, 15) is 5.26 Å². The molecule has 0 aliphatic rings. The highest BCUT2D eigenvalue weighted by molar-refractivity contribution is 6.23. The average Bonchev–Trinajstić information content (AvgIpc) is 1.51. The molecule has 0 saturated heterocycles. The summed E-state index contributed by atoms with van der Waals surface area (Å²) in [4.78, 5) is 0. The Morgan fingerprint density at radius 2 is 0.443 bits per heavy atom. The van der Waals surface area contributed by atoms with Gasteiger partial charge in [-0.1, -0.05) is 212 Å². The van der Waals surface area contributed by atoms with Crippen LogP contribution in [0.25, 0.3) is 165 Å². The highest BCUT2D eigenvalue weighted by Gasteiger charge is 2.37. The fourth-order valence-electron chi connectivity index (χ4n) is 15.2. The SMILES string of the molecule is N#Cc1ccc(-c2c(-n3c4ccccc4c4ccccc43)c(-n3c4ccccc4c4ccccc43)c(-n3c4ccccc4c4c3c3ccccc3n4-c3ccccc3)c(-n3c4ccccc4c4ccccc43)c2-n2c3ccccc3c3ccccc32)cc1. The van der Waals surface area contributed by atoms with Crippen LogP contribution in [-0.2, 0) is 0 Å². The Labute approximate surface area is 504 Å². The molecule has 0 amide bonds. The zero-order valence-corrected chi connectivity index (χ0v) is 47.4. The Bertz CT molecular complexity index is 5720. The summed E-state index contributed by atoms with van der Waals surface area (Å²) in [7, 11) is 0. The summed E-state index contributed by atoms with van der Waals surface area (Å²) >= 11 is 0. The van der Waals surface area contributed by atoms with E-state index in [2.05, 4.69) is 319 Å². The Hall–Kier alpha value is -12.1. The number of aromatic nitrogens is 6. The van der Waals surface area contributed by atoms with E-state index >= 15 is 0 Å². The molecule has 0 atom stereocenters. The molecule has 0 N–H and O–H groups in total. The molecule has 13 aromatic carbocycles. The zero-order valence-electron chi connectivity index (χ0n) is 47.4. The van der Waals surface area contributed by atoms with Gasteiger partial charge in [0.05, 0.1) is 106 Å². The van der Waals surface area contributed by atoms with Crippen LogP contribution in [0.4, 0.5) is 0 Å². The summed E-state index contributed by atoms with van der Waals surface area (Å²) in [5.41, 5.74) is 21.3. The molecule has 19 aromatic rings. The van der Waals surface area contributed by atoms with Crippen molar-refractivity contribution < 1.29 is 0 Å². The molecule has 6 heterocycles. The van der Waals surface area contributed by atoms with Crippen LogP contribution in [0, 0.1) is 11.3 Å². The van der Waals surface area contributed by atoms with E-state index in [0.29, 0.717) is 5.56 Å². The Balaban J connectivity index is 1.22. The maximum atomic E-state index is 10.7. The van der Waals surface area contributed by atoms with E-state index in [0.717, 1.165) is 165 Å². The molecule has 0 aliphatic carbocycles. The van der Waals surface area contributed by atoms with E-state index in [1.54, 1.807) is 0 Å². The summed E-state index contributed by atoms with van der Waals surface area (Å²) in [6, 6.07) is 111. The van der Waals surface area contributed by atoms with Crippen molar-refractivity contribution in [3.05, 3.63) is 303 Å². The molecule has 0 radical (unpaired) electrons. The standard InChI is InChI=1S/C81H49N7/c82-50-51-46-48-52(49-47-51)74-77(84-64-36-14-4-26-54(64)55-27-5-15-37-65(55)84)79(86-68-40-18-8-30-58(68)59-31-9-19-41-69(59)86)81(88-73-45-23-13-35-63(73)75-76(88)62-34-12-22-44-72(62)83(75)53-24-2-1-3-25-53)80(87-70-42-20-10-32-60(70)61-33-11-21-43-71(61)87)78(74)85-66-38-16-6-28-56(66)57-29-7-17-39-67(57)85/h1-49H. The Morgan fingerprint density at radius 3 is 0.761 bits per heavy atom. The predicted molar refractivity (Wildman–Crippen MR) is 365 cm³/mol. The topological polar surface area (TPSA) is 53.4 Å². The van der Waals surface area contributed by atoms with Crippen LogP contribution in [-0.4, -0.2) is 27.4 Å². The van der Waals surface area contributed by atoms with Gasteiger partial charge in [0.2, 0.25) is 0 Å². The molecule has 0 spiro atoms. The van der Waals surface area contributed by atoms with Gasteiger partial charge in [0.15, 0.2) is 0 Å². The number of rotatable bonds is 7. The fraction of sp³-hybridized carbons (Fsp3) is 0. The van der Waals surface area contributed by atoms with Crippen LogP contribution < -0.4 is 0 Å². The maximum Gasteiger partial charge on any atom is 0.0991 e. The molecule has 0 bridgehead atoms. The predicted octanol–water partition coefficient (Wildman–Crippen LogP) is 20.7. The average molecular weight is 1120 g/mol. The minimum Gasteiger partial charge on any atom is -0.307 e. The minimum absolute atomic E-state index is 0.582. The Kier molecular flexibility index (Phi) is 10.1. The summed E-state index contributed by atoms with van der Waals surface area (Å²) in [5, 5.41) is 22.1. The van der Waals surface area contributed by atoms with Gasteiger partial charge in [0, 0.05) is 65.1 Å². The summed E-state index contributed by atoms with van der Waals surface area (Å²) in [6.07, 6.45) is 0. The first-order chi connectivity index (χ1) is 43.7. The molecule has 6 aromatic heterocycles. The van der Waals surface area contributed by atoms with E-state index in [1.165, 1.54) is 0 Å². The fourth-order valence-corrected chi connectivity index (χ4v) is 15.2. The van der Waals surface area contributed by atoms with Gasteiger partial charge in [-0.15, -0.1) is 0 Å². The van der Waals surface area contributed by atoms with Crippen LogP contribution >= 0.6 is 0 Å². The van der Waals surface area contributed by atoms with E-state index in [1.807, 2.05) is 12.1 Å². The van der Waals surface area contributed by atoms with Gasteiger partial charge in [-0.2, -0.15) is 5.26 Å². The first kappa shape index (κ1) is 48.3. The van der Waals surface area contributed by atoms with Crippen molar-refractivity contribution in [3.63, 3.8) is 0 Å². The minimum atomic E-state index is 0.582. The molecule has 7 nitrogen and oxygen atoms in total. The van der Waals surface area contributed by atoms with Crippen LogP contribution in [0.5, 0.6) is 0 Å². The normalized spacial score (nSPS) is 12.1. The molecule has 0 aliphatic heterocycles. The quantitative estimate of drug-likeness (QED) is 0.157. The Morgan fingerprint density at radius 1 is 0.205 bits per heavy atom.